The SMILES string of the molecule is O=C(Nc1ccc2sccc2c1)c1cccc(Br)c1Cl. The zero-order chi connectivity index (χ0) is 14.1. The van der Waals surface area contributed by atoms with Crippen LogP contribution in [-0.2, 0) is 0 Å². The Balaban J connectivity index is 1.90. The van der Waals surface area contributed by atoms with Gasteiger partial charge in [-0.05, 0) is 63.1 Å². The molecule has 1 aromatic heterocycles. The predicted molar refractivity (Wildman–Crippen MR) is 88.9 cm³/mol. The van der Waals surface area contributed by atoms with Gasteiger partial charge in [0.15, 0.2) is 0 Å². The molecule has 20 heavy (non-hydrogen) atoms. The number of rotatable bonds is 2. The first kappa shape index (κ1) is 13.6. The molecule has 5 heteroatoms. The van der Waals surface area contributed by atoms with Crippen molar-refractivity contribution in [3.05, 3.63) is 62.9 Å². The highest BCUT2D eigenvalue weighted by atomic mass is 79.9. The molecule has 2 nitrogen and oxygen atoms in total. The van der Waals surface area contributed by atoms with Crippen LogP contribution < -0.4 is 5.32 Å². The van der Waals surface area contributed by atoms with E-state index >= 15 is 0 Å². The molecule has 0 aliphatic carbocycles. The molecule has 1 amide bonds. The number of carbonyl (C=O) groups excluding carboxylic acids is 1. The van der Waals surface area contributed by atoms with Gasteiger partial charge < -0.3 is 5.32 Å². The fraction of sp³-hybridized carbons (Fsp3) is 0. The Labute approximate surface area is 133 Å². The zero-order valence-electron chi connectivity index (χ0n) is 10.2. The van der Waals surface area contributed by atoms with Gasteiger partial charge in [-0.1, -0.05) is 17.7 Å². The van der Waals surface area contributed by atoms with Crippen molar-refractivity contribution in [1.82, 2.24) is 0 Å². The van der Waals surface area contributed by atoms with Crippen molar-refractivity contribution in [2.45, 2.75) is 0 Å². The van der Waals surface area contributed by atoms with Gasteiger partial charge in [-0.15, -0.1) is 11.3 Å². The average Bonchev–Trinajstić information content (AvgIpc) is 2.89. The highest BCUT2D eigenvalue weighted by molar-refractivity contribution is 9.10. The Morgan fingerprint density at radius 1 is 1.20 bits per heavy atom. The average molecular weight is 367 g/mol. The number of hydrogen-bond donors (Lipinski definition) is 1. The van der Waals surface area contributed by atoms with E-state index in [1.165, 1.54) is 4.70 Å². The maximum Gasteiger partial charge on any atom is 0.257 e. The van der Waals surface area contributed by atoms with E-state index in [0.717, 1.165) is 11.1 Å². The minimum atomic E-state index is -0.217. The van der Waals surface area contributed by atoms with Crippen molar-refractivity contribution in [2.75, 3.05) is 5.32 Å². The summed E-state index contributed by atoms with van der Waals surface area (Å²) in [5.41, 5.74) is 1.21. The number of halogens is 2. The van der Waals surface area contributed by atoms with Crippen LogP contribution in [-0.4, -0.2) is 5.91 Å². The molecule has 0 fully saturated rings. The number of anilines is 1. The van der Waals surface area contributed by atoms with E-state index < -0.39 is 0 Å². The van der Waals surface area contributed by atoms with E-state index in [1.807, 2.05) is 29.6 Å². The predicted octanol–water partition coefficient (Wildman–Crippen LogP) is 5.57. The summed E-state index contributed by atoms with van der Waals surface area (Å²) in [4.78, 5) is 12.2. The highest BCUT2D eigenvalue weighted by Crippen LogP contribution is 2.28. The maximum absolute atomic E-state index is 12.2. The minimum Gasteiger partial charge on any atom is -0.322 e. The van der Waals surface area contributed by atoms with Gasteiger partial charge in [0.05, 0.1) is 10.6 Å². The van der Waals surface area contributed by atoms with E-state index in [2.05, 4.69) is 21.2 Å². The normalized spacial score (nSPS) is 10.7. The fourth-order valence-corrected chi connectivity index (χ4v) is 3.27. The Kier molecular flexibility index (Phi) is 3.78. The molecule has 0 radical (unpaired) electrons. The van der Waals surface area contributed by atoms with Crippen LogP contribution in [0.15, 0.2) is 52.3 Å². The summed E-state index contributed by atoms with van der Waals surface area (Å²) < 4.78 is 1.91. The van der Waals surface area contributed by atoms with Crippen LogP contribution in [0.25, 0.3) is 10.1 Å². The van der Waals surface area contributed by atoms with Gasteiger partial charge in [0.25, 0.3) is 5.91 Å². The van der Waals surface area contributed by atoms with Crippen molar-refractivity contribution in [3.8, 4) is 0 Å². The third kappa shape index (κ3) is 2.59. The summed E-state index contributed by atoms with van der Waals surface area (Å²) in [6, 6.07) is 13.2. The summed E-state index contributed by atoms with van der Waals surface area (Å²) in [6.45, 7) is 0. The van der Waals surface area contributed by atoms with Crippen molar-refractivity contribution in [1.29, 1.82) is 0 Å². The Morgan fingerprint density at radius 2 is 2.05 bits per heavy atom. The molecule has 0 spiro atoms. The summed E-state index contributed by atoms with van der Waals surface area (Å²) in [7, 11) is 0. The lowest BCUT2D eigenvalue weighted by molar-refractivity contribution is 0.102. The van der Waals surface area contributed by atoms with Crippen LogP contribution in [0.4, 0.5) is 5.69 Å². The van der Waals surface area contributed by atoms with Crippen LogP contribution in [0.2, 0.25) is 5.02 Å². The Hall–Kier alpha value is -1.36. The van der Waals surface area contributed by atoms with Crippen molar-refractivity contribution in [3.63, 3.8) is 0 Å². The molecule has 3 aromatic rings. The zero-order valence-corrected chi connectivity index (χ0v) is 13.3. The van der Waals surface area contributed by atoms with Crippen molar-refractivity contribution >= 4 is 60.5 Å². The standard InChI is InChI=1S/C15H9BrClNOS/c16-12-3-1-2-11(14(12)17)15(19)18-10-4-5-13-9(8-10)6-7-20-13/h1-8H,(H,18,19). The maximum atomic E-state index is 12.2. The Bertz CT molecular complexity index is 799. The number of thiophene rings is 1. The summed E-state index contributed by atoms with van der Waals surface area (Å²) >= 11 is 11.1. The van der Waals surface area contributed by atoms with E-state index in [0.29, 0.717) is 15.1 Å². The van der Waals surface area contributed by atoms with Gasteiger partial charge >= 0.3 is 0 Å². The largest absolute Gasteiger partial charge is 0.322 e. The molecule has 1 heterocycles. The number of carbonyl (C=O) groups is 1. The molecule has 0 bridgehead atoms. The fourth-order valence-electron chi connectivity index (χ4n) is 1.92. The lowest BCUT2D eigenvalue weighted by Crippen LogP contribution is -2.12. The molecule has 1 N–H and O–H groups in total. The van der Waals surface area contributed by atoms with E-state index in [4.69, 9.17) is 11.6 Å². The second kappa shape index (κ2) is 5.56. The Morgan fingerprint density at radius 3 is 2.90 bits per heavy atom. The molecular formula is C15H9BrClNOS. The van der Waals surface area contributed by atoms with Gasteiger partial charge in [0, 0.05) is 14.9 Å². The number of benzene rings is 2. The molecule has 0 unspecified atom stereocenters. The van der Waals surface area contributed by atoms with Gasteiger partial charge in [0.2, 0.25) is 0 Å². The number of hydrogen-bond acceptors (Lipinski definition) is 2. The summed E-state index contributed by atoms with van der Waals surface area (Å²) in [5, 5.41) is 6.43. The molecule has 0 aliphatic rings. The molecule has 100 valence electrons. The smallest absolute Gasteiger partial charge is 0.257 e. The molecule has 2 aromatic carbocycles. The first-order chi connectivity index (χ1) is 9.65. The lowest BCUT2D eigenvalue weighted by Gasteiger charge is -2.08. The van der Waals surface area contributed by atoms with Crippen molar-refractivity contribution in [2.24, 2.45) is 0 Å². The van der Waals surface area contributed by atoms with Gasteiger partial charge in [-0.2, -0.15) is 0 Å². The molecule has 3 rings (SSSR count). The van der Waals surface area contributed by atoms with Crippen LogP contribution in [0.1, 0.15) is 10.4 Å². The lowest BCUT2D eigenvalue weighted by atomic mass is 10.2. The van der Waals surface area contributed by atoms with Crippen LogP contribution >= 0.6 is 38.9 Å². The third-order valence-corrected chi connectivity index (χ3v) is 5.10. The monoisotopic (exact) mass is 365 g/mol. The summed E-state index contributed by atoms with van der Waals surface area (Å²) in [5.74, 6) is -0.217. The van der Waals surface area contributed by atoms with E-state index in [-0.39, 0.29) is 5.91 Å². The topological polar surface area (TPSA) is 29.1 Å². The number of fused-ring (bicyclic) bond motifs is 1. The number of amides is 1. The van der Waals surface area contributed by atoms with Gasteiger partial charge in [-0.3, -0.25) is 4.79 Å². The van der Waals surface area contributed by atoms with Crippen molar-refractivity contribution < 1.29 is 4.79 Å². The third-order valence-electron chi connectivity index (χ3n) is 2.91. The second-order valence-electron chi connectivity index (χ2n) is 4.23. The molecule has 0 aliphatic heterocycles. The van der Waals surface area contributed by atoms with Crippen LogP contribution in [0.3, 0.4) is 0 Å². The summed E-state index contributed by atoms with van der Waals surface area (Å²) in [6.07, 6.45) is 0. The second-order valence-corrected chi connectivity index (χ2v) is 6.41. The molecule has 0 saturated heterocycles. The van der Waals surface area contributed by atoms with Crippen LogP contribution in [0, 0.1) is 0 Å². The van der Waals surface area contributed by atoms with E-state index in [1.54, 1.807) is 29.5 Å². The highest BCUT2D eigenvalue weighted by Gasteiger charge is 2.12. The van der Waals surface area contributed by atoms with Gasteiger partial charge in [0.1, 0.15) is 0 Å². The molecular weight excluding hydrogens is 358 g/mol. The van der Waals surface area contributed by atoms with E-state index in [9.17, 15) is 4.79 Å². The first-order valence-corrected chi connectivity index (χ1v) is 7.93. The molecule has 0 atom stereocenters. The number of nitrogens with one attached hydrogen (secondary N) is 1. The van der Waals surface area contributed by atoms with Gasteiger partial charge in [-0.25, -0.2) is 0 Å². The minimum absolute atomic E-state index is 0.217. The molecule has 0 saturated carbocycles. The quantitative estimate of drug-likeness (QED) is 0.631. The van der Waals surface area contributed by atoms with Crippen LogP contribution in [0.5, 0.6) is 0 Å². The first-order valence-electron chi connectivity index (χ1n) is 5.88.